The molecule has 24 heavy (non-hydrogen) atoms. The highest BCUT2D eigenvalue weighted by atomic mass is 32.1. The summed E-state index contributed by atoms with van der Waals surface area (Å²) in [6.45, 7) is 5.45. The second kappa shape index (κ2) is 7.23. The number of amides is 1. The van der Waals surface area contributed by atoms with Crippen LogP contribution in [0.2, 0.25) is 0 Å². The molecule has 0 aromatic carbocycles. The second-order valence-corrected chi connectivity index (χ2v) is 7.04. The van der Waals surface area contributed by atoms with Gasteiger partial charge in [0.1, 0.15) is 4.88 Å². The maximum atomic E-state index is 12.7. The minimum atomic E-state index is -0.155. The third-order valence-electron chi connectivity index (χ3n) is 3.98. The van der Waals surface area contributed by atoms with Crippen molar-refractivity contribution in [2.45, 2.75) is 32.8 Å². The number of nitrogens with zero attached hydrogens (tertiary/aromatic N) is 3. The third kappa shape index (κ3) is 3.88. The zero-order valence-corrected chi connectivity index (χ0v) is 14.6. The SMILES string of the molecule is Cc1nc(C)c(C(=O)N2CCOC(CCc3cc(=O)[nH]cn3)C2)s1. The van der Waals surface area contributed by atoms with Crippen molar-refractivity contribution in [3.05, 3.63) is 44.0 Å². The minimum Gasteiger partial charge on any atom is -0.375 e. The summed E-state index contributed by atoms with van der Waals surface area (Å²) in [5, 5.41) is 0.904. The Morgan fingerprint density at radius 2 is 2.33 bits per heavy atom. The van der Waals surface area contributed by atoms with E-state index in [-0.39, 0.29) is 17.6 Å². The lowest BCUT2D eigenvalue weighted by Crippen LogP contribution is -2.45. The van der Waals surface area contributed by atoms with Crippen molar-refractivity contribution in [2.24, 2.45) is 0 Å². The number of thiazole rings is 1. The molecule has 0 aliphatic carbocycles. The van der Waals surface area contributed by atoms with Gasteiger partial charge in [0.2, 0.25) is 0 Å². The summed E-state index contributed by atoms with van der Waals surface area (Å²) < 4.78 is 5.76. The van der Waals surface area contributed by atoms with Crippen LogP contribution in [-0.2, 0) is 11.2 Å². The fourth-order valence-corrected chi connectivity index (χ4v) is 3.69. The number of aromatic nitrogens is 3. The van der Waals surface area contributed by atoms with E-state index in [9.17, 15) is 9.59 Å². The molecule has 2 aromatic rings. The Balaban J connectivity index is 1.61. The van der Waals surface area contributed by atoms with Gasteiger partial charge in [0, 0.05) is 24.8 Å². The van der Waals surface area contributed by atoms with E-state index < -0.39 is 0 Å². The fourth-order valence-electron chi connectivity index (χ4n) is 2.81. The van der Waals surface area contributed by atoms with Crippen molar-refractivity contribution in [1.29, 1.82) is 0 Å². The van der Waals surface area contributed by atoms with Crippen molar-refractivity contribution in [1.82, 2.24) is 19.9 Å². The number of carbonyl (C=O) groups is 1. The van der Waals surface area contributed by atoms with E-state index in [1.54, 1.807) is 0 Å². The molecule has 3 rings (SSSR count). The molecule has 7 nitrogen and oxygen atoms in total. The Hall–Kier alpha value is -2.06. The van der Waals surface area contributed by atoms with E-state index in [0.29, 0.717) is 31.0 Å². The molecule has 3 heterocycles. The van der Waals surface area contributed by atoms with Gasteiger partial charge in [0.05, 0.1) is 29.7 Å². The van der Waals surface area contributed by atoms with Crippen LogP contribution < -0.4 is 5.56 Å². The predicted octanol–water partition coefficient (Wildman–Crippen LogP) is 1.32. The van der Waals surface area contributed by atoms with Crippen molar-refractivity contribution in [3.8, 4) is 0 Å². The predicted molar refractivity (Wildman–Crippen MR) is 90.4 cm³/mol. The molecule has 8 heteroatoms. The average molecular weight is 348 g/mol. The smallest absolute Gasteiger partial charge is 0.266 e. The molecule has 128 valence electrons. The molecular formula is C16H20N4O3S. The van der Waals surface area contributed by atoms with Crippen LogP contribution in [0.5, 0.6) is 0 Å². The highest BCUT2D eigenvalue weighted by molar-refractivity contribution is 7.13. The van der Waals surface area contributed by atoms with Crippen LogP contribution in [0.1, 0.15) is 32.5 Å². The zero-order valence-electron chi connectivity index (χ0n) is 13.7. The van der Waals surface area contributed by atoms with Crippen LogP contribution in [0.4, 0.5) is 0 Å². The van der Waals surface area contributed by atoms with Gasteiger partial charge in [-0.2, -0.15) is 0 Å². The van der Waals surface area contributed by atoms with Gasteiger partial charge in [-0.15, -0.1) is 11.3 Å². The minimum absolute atomic E-state index is 0.0284. The van der Waals surface area contributed by atoms with E-state index in [1.807, 2.05) is 18.7 Å². The normalized spacial score (nSPS) is 17.9. The van der Waals surface area contributed by atoms with Gasteiger partial charge < -0.3 is 14.6 Å². The average Bonchev–Trinajstić information content (AvgIpc) is 2.91. The molecule has 1 unspecified atom stereocenters. The van der Waals surface area contributed by atoms with Crippen LogP contribution in [-0.4, -0.2) is 51.6 Å². The second-order valence-electron chi connectivity index (χ2n) is 5.83. The summed E-state index contributed by atoms with van der Waals surface area (Å²) in [6.07, 6.45) is 2.73. The lowest BCUT2D eigenvalue weighted by molar-refractivity contribution is -0.0245. The molecule has 1 atom stereocenters. The molecule has 1 N–H and O–H groups in total. The van der Waals surface area contributed by atoms with Crippen molar-refractivity contribution >= 4 is 17.2 Å². The quantitative estimate of drug-likeness (QED) is 0.900. The van der Waals surface area contributed by atoms with Crippen LogP contribution in [0.15, 0.2) is 17.2 Å². The summed E-state index contributed by atoms with van der Waals surface area (Å²) in [5.41, 5.74) is 1.37. The molecule has 1 fully saturated rings. The number of aryl methyl sites for hydroxylation is 3. The first kappa shape index (κ1) is 16.8. The number of carbonyl (C=O) groups excluding carboxylic acids is 1. The van der Waals surface area contributed by atoms with Crippen LogP contribution >= 0.6 is 11.3 Å². The van der Waals surface area contributed by atoms with Gasteiger partial charge in [-0.25, -0.2) is 9.97 Å². The standard InChI is InChI=1S/C16H20N4O3S/c1-10-15(24-11(2)19-10)16(22)20-5-6-23-13(8-20)4-3-12-7-14(21)18-9-17-12/h7,9,13H,3-6,8H2,1-2H3,(H,17,18,21). The summed E-state index contributed by atoms with van der Waals surface area (Å²) in [7, 11) is 0. The number of hydrogen-bond donors (Lipinski definition) is 1. The zero-order chi connectivity index (χ0) is 17.1. The number of ether oxygens (including phenoxy) is 1. The van der Waals surface area contributed by atoms with E-state index >= 15 is 0 Å². The summed E-state index contributed by atoms with van der Waals surface area (Å²) >= 11 is 1.44. The Bertz CT molecular complexity index is 786. The van der Waals surface area contributed by atoms with Gasteiger partial charge in [0.25, 0.3) is 11.5 Å². The van der Waals surface area contributed by atoms with Gasteiger partial charge in [0.15, 0.2) is 0 Å². The van der Waals surface area contributed by atoms with Crippen LogP contribution in [0.25, 0.3) is 0 Å². The Kier molecular flexibility index (Phi) is 5.06. The lowest BCUT2D eigenvalue weighted by Gasteiger charge is -2.32. The molecule has 0 saturated carbocycles. The molecule has 1 aliphatic heterocycles. The maximum Gasteiger partial charge on any atom is 0.266 e. The highest BCUT2D eigenvalue weighted by Gasteiger charge is 2.27. The van der Waals surface area contributed by atoms with Crippen LogP contribution in [0.3, 0.4) is 0 Å². The Morgan fingerprint density at radius 1 is 1.50 bits per heavy atom. The van der Waals surface area contributed by atoms with Gasteiger partial charge >= 0.3 is 0 Å². The maximum absolute atomic E-state index is 12.7. The van der Waals surface area contributed by atoms with E-state index in [1.165, 1.54) is 23.7 Å². The lowest BCUT2D eigenvalue weighted by atomic mass is 10.1. The van der Waals surface area contributed by atoms with Crippen LogP contribution in [0, 0.1) is 13.8 Å². The summed E-state index contributed by atoms with van der Waals surface area (Å²) in [4.78, 5) is 37.5. The molecule has 0 bridgehead atoms. The molecular weight excluding hydrogens is 328 g/mol. The molecule has 1 saturated heterocycles. The Labute approximate surface area is 143 Å². The van der Waals surface area contributed by atoms with Crippen molar-refractivity contribution in [3.63, 3.8) is 0 Å². The molecule has 1 amide bonds. The monoisotopic (exact) mass is 348 g/mol. The number of rotatable bonds is 4. The first-order valence-corrected chi connectivity index (χ1v) is 8.73. The number of H-pyrrole nitrogens is 1. The van der Waals surface area contributed by atoms with E-state index in [4.69, 9.17) is 4.74 Å². The first-order valence-electron chi connectivity index (χ1n) is 7.91. The van der Waals surface area contributed by atoms with Gasteiger partial charge in [-0.05, 0) is 26.7 Å². The largest absolute Gasteiger partial charge is 0.375 e. The Morgan fingerprint density at radius 3 is 3.04 bits per heavy atom. The molecule has 1 aliphatic rings. The van der Waals surface area contributed by atoms with E-state index in [0.717, 1.165) is 22.8 Å². The van der Waals surface area contributed by atoms with Crippen molar-refractivity contribution < 1.29 is 9.53 Å². The summed E-state index contributed by atoms with van der Waals surface area (Å²) in [5.74, 6) is 0.0284. The van der Waals surface area contributed by atoms with Crippen molar-refractivity contribution in [2.75, 3.05) is 19.7 Å². The fraction of sp³-hybridized carbons (Fsp3) is 0.500. The topological polar surface area (TPSA) is 88.2 Å². The number of aromatic amines is 1. The third-order valence-corrected chi connectivity index (χ3v) is 5.04. The molecule has 0 spiro atoms. The van der Waals surface area contributed by atoms with Gasteiger partial charge in [-0.3, -0.25) is 9.59 Å². The van der Waals surface area contributed by atoms with Gasteiger partial charge in [-0.1, -0.05) is 0 Å². The number of nitrogens with one attached hydrogen (secondary N) is 1. The van der Waals surface area contributed by atoms with E-state index in [2.05, 4.69) is 15.0 Å². The molecule has 0 radical (unpaired) electrons. The number of morpholine rings is 1. The first-order chi connectivity index (χ1) is 11.5. The highest BCUT2D eigenvalue weighted by Crippen LogP contribution is 2.21. The summed E-state index contributed by atoms with van der Waals surface area (Å²) in [6, 6.07) is 1.50. The number of hydrogen-bond acceptors (Lipinski definition) is 6. The molecule has 2 aromatic heterocycles.